The van der Waals surface area contributed by atoms with Crippen LogP contribution in [0.3, 0.4) is 0 Å². The first-order chi connectivity index (χ1) is 3.31. The van der Waals surface area contributed by atoms with E-state index in [0.717, 1.165) is 5.75 Å². The van der Waals surface area contributed by atoms with E-state index in [4.69, 9.17) is 6.53 Å². The van der Waals surface area contributed by atoms with Crippen molar-refractivity contribution in [2.45, 2.75) is 6.92 Å². The third-order valence-corrected chi connectivity index (χ3v) is 1.81. The second kappa shape index (κ2) is 4.63. The van der Waals surface area contributed by atoms with Gasteiger partial charge in [0.1, 0.15) is 0 Å². The van der Waals surface area contributed by atoms with E-state index in [1.54, 1.807) is 6.69 Å². The summed E-state index contributed by atoms with van der Waals surface area (Å²) in [5.74, 6) is 1.02. The van der Waals surface area contributed by atoms with Gasteiger partial charge in [0.25, 0.3) is 0 Å². The summed E-state index contributed by atoms with van der Waals surface area (Å²) in [4.78, 5) is 0. The molecule has 0 aliphatic heterocycles. The van der Waals surface area contributed by atoms with Crippen molar-refractivity contribution in [1.82, 2.24) is 0 Å². The molecule has 7 heavy (non-hydrogen) atoms. The van der Waals surface area contributed by atoms with Crippen LogP contribution in [0.25, 0.3) is 0 Å². The van der Waals surface area contributed by atoms with Gasteiger partial charge in [-0.25, -0.2) is 0 Å². The Balaban J connectivity index is 3.85. The number of hydrogen-bond acceptors (Lipinski definition) is 0. The average molecular weight is 105 g/mol. The zero-order valence-corrected chi connectivity index (χ0v) is 5.37. The summed E-state index contributed by atoms with van der Waals surface area (Å²) in [6.07, 6.45) is 0. The van der Waals surface area contributed by atoms with Gasteiger partial charge in [-0.05, 0) is 0 Å². The molecule has 0 rings (SSSR count). The summed E-state index contributed by atoms with van der Waals surface area (Å²) >= 11 is 0. The fourth-order valence-electron chi connectivity index (χ4n) is 0.220. The molecule has 0 saturated carbocycles. The van der Waals surface area contributed by atoms with Crippen LogP contribution >= 0.6 is 9.56 Å². The molecular formula is C2H6B4S. The third-order valence-electron chi connectivity index (χ3n) is 0.604. The van der Waals surface area contributed by atoms with Crippen LogP contribution in [0.1, 0.15) is 6.92 Å². The summed E-state index contributed by atoms with van der Waals surface area (Å²) in [7, 11) is 3.50. The van der Waals surface area contributed by atoms with Gasteiger partial charge < -0.3 is 0 Å². The van der Waals surface area contributed by atoms with E-state index in [-0.39, 0.29) is 9.56 Å². The first-order valence-electron chi connectivity index (χ1n) is 2.21. The summed E-state index contributed by atoms with van der Waals surface area (Å²) in [5.41, 5.74) is 0. The van der Waals surface area contributed by atoms with Crippen LogP contribution < -0.4 is 0 Å². The van der Waals surface area contributed by atoms with Crippen molar-refractivity contribution in [3.63, 3.8) is 0 Å². The molecular weight excluding hydrogens is 99.3 g/mol. The van der Waals surface area contributed by atoms with Crippen molar-refractivity contribution in [3.8, 4) is 0 Å². The first kappa shape index (κ1) is 7.48. The predicted molar refractivity (Wildman–Crippen MR) is 42.5 cm³/mol. The average Bonchev–Trinajstić information content (AvgIpc) is 1.68. The quantitative estimate of drug-likeness (QED) is 0.391. The van der Waals surface area contributed by atoms with Crippen LogP contribution in [0, 0.1) is 0 Å². The Kier molecular flexibility index (Phi) is 4.95. The number of hydrogen-bond donors (Lipinski definition) is 0. The Morgan fingerprint density at radius 3 is 2.57 bits per heavy atom. The monoisotopic (exact) mass is 106 g/mol. The van der Waals surface area contributed by atoms with Gasteiger partial charge in [-0.3, -0.25) is 0 Å². The molecule has 0 N–H and O–H groups in total. The molecule has 0 fully saturated rings. The van der Waals surface area contributed by atoms with Crippen molar-refractivity contribution in [2.75, 3.05) is 5.75 Å². The molecule has 0 bridgehead atoms. The normalized spacial score (nSPS) is 9.71. The minimum atomic E-state index is -0.0201. The second-order valence-electron chi connectivity index (χ2n) is 1.13. The van der Waals surface area contributed by atoms with Gasteiger partial charge in [-0.2, -0.15) is 0 Å². The van der Waals surface area contributed by atoms with Crippen LogP contribution in [0.4, 0.5) is 0 Å². The number of rotatable bonds is 1. The predicted octanol–water partition coefficient (Wildman–Crippen LogP) is -0.587. The summed E-state index contributed by atoms with van der Waals surface area (Å²) in [5, 5.41) is 0. The molecule has 0 saturated heterocycles. The van der Waals surface area contributed by atoms with Crippen molar-refractivity contribution in [1.29, 1.82) is 0 Å². The van der Waals surface area contributed by atoms with Gasteiger partial charge >= 0.3 is 48.9 Å². The molecule has 0 heterocycles. The Morgan fingerprint density at radius 1 is 1.86 bits per heavy atom. The molecule has 0 radical (unpaired) electrons. The van der Waals surface area contributed by atoms with Crippen LogP contribution in [-0.4, -0.2) is 32.4 Å². The Labute approximate surface area is 49.5 Å². The van der Waals surface area contributed by atoms with Gasteiger partial charge in [-0.15, -0.1) is 0 Å². The van der Waals surface area contributed by atoms with Crippen molar-refractivity contribution >= 4 is 36.2 Å². The second-order valence-corrected chi connectivity index (χ2v) is 2.92. The Bertz CT molecular complexity index is 163. The molecule has 32 valence electrons. The van der Waals surface area contributed by atoms with Gasteiger partial charge in [0.2, 0.25) is 0 Å². The third kappa shape index (κ3) is 4.33. The molecule has 0 aromatic rings. The maximum absolute atomic E-state index is 5.48. The van der Waals surface area contributed by atoms with E-state index in [1.165, 1.54) is 0 Å². The minimum absolute atomic E-state index is 0.0201. The standard InChI is InChI=1S/C2H6B4S/c1-2-7(4)6-5-3/h3H,2H2,1H3. The van der Waals surface area contributed by atoms with Crippen molar-refractivity contribution < 1.29 is 0 Å². The zero-order chi connectivity index (χ0) is 5.70. The molecule has 0 aliphatic carbocycles. The van der Waals surface area contributed by atoms with E-state index in [2.05, 4.69) is 14.3 Å². The zero-order valence-electron chi connectivity index (χ0n) is 4.55. The Hall–Kier alpha value is 0.480. The van der Waals surface area contributed by atoms with Gasteiger partial charge in [0.05, 0.1) is 0 Å². The van der Waals surface area contributed by atoms with E-state index < -0.39 is 0 Å². The molecule has 0 unspecified atom stereocenters. The van der Waals surface area contributed by atoms with E-state index >= 15 is 0 Å². The first-order valence-corrected chi connectivity index (χ1v) is 3.73. The van der Waals surface area contributed by atoms with Crippen molar-refractivity contribution in [3.05, 3.63) is 0 Å². The molecule has 0 aromatic carbocycles. The molecule has 0 aliphatic rings. The SMILES string of the molecule is B#S(=BB=B)CC. The topological polar surface area (TPSA) is 0 Å². The van der Waals surface area contributed by atoms with E-state index in [9.17, 15) is 0 Å². The maximum atomic E-state index is 5.48. The van der Waals surface area contributed by atoms with Crippen molar-refractivity contribution in [2.24, 2.45) is 0 Å². The van der Waals surface area contributed by atoms with E-state index in [1.807, 2.05) is 6.05 Å². The molecule has 0 amide bonds. The van der Waals surface area contributed by atoms with Gasteiger partial charge in [-0.1, -0.05) is 0 Å². The molecule has 0 nitrogen and oxygen atoms in total. The fourth-order valence-corrected chi connectivity index (χ4v) is 0.659. The van der Waals surface area contributed by atoms with E-state index in [0.29, 0.717) is 0 Å². The summed E-state index contributed by atoms with van der Waals surface area (Å²) in [6.45, 7) is 9.29. The molecule has 5 heteroatoms. The van der Waals surface area contributed by atoms with Crippen LogP contribution in [0.5, 0.6) is 0 Å². The van der Waals surface area contributed by atoms with Crippen LogP contribution in [-0.2, 0) is 0 Å². The fraction of sp³-hybridized carbons (Fsp3) is 1.00. The molecule has 0 atom stereocenters. The van der Waals surface area contributed by atoms with Gasteiger partial charge in [0.15, 0.2) is 0 Å². The summed E-state index contributed by atoms with van der Waals surface area (Å²) in [6, 6.07) is 1.92. The molecule has 0 aromatic heterocycles. The Morgan fingerprint density at radius 2 is 2.43 bits per heavy atom. The van der Waals surface area contributed by atoms with Crippen LogP contribution in [0.15, 0.2) is 0 Å². The van der Waals surface area contributed by atoms with Crippen LogP contribution in [0.2, 0.25) is 0 Å². The molecule has 0 spiro atoms. The van der Waals surface area contributed by atoms with Gasteiger partial charge in [0, 0.05) is 0 Å². The summed E-state index contributed by atoms with van der Waals surface area (Å²) < 4.78 is 0.